The molecule has 0 fully saturated rings. The molecule has 0 aliphatic carbocycles. The highest BCUT2D eigenvalue weighted by atomic mass is 28.6. The van der Waals surface area contributed by atoms with Crippen LogP contribution in [-0.4, -0.2) is 226 Å². The zero-order valence-corrected chi connectivity index (χ0v) is 104. The van der Waals surface area contributed by atoms with E-state index in [-0.39, 0.29) is 6.61 Å². The highest BCUT2D eigenvalue weighted by Gasteiger charge is 2.56. The Morgan fingerprint density at radius 1 is 0.200 bits per heavy atom. The second-order valence-corrected chi connectivity index (χ2v) is 133. The highest BCUT2D eigenvalue weighted by molar-refractivity contribution is 6.98. The number of unbranched alkanes of at least 4 members (excludes halogenated alkanes) is 1. The molecule has 27 nitrogen and oxygen atoms in total. The van der Waals surface area contributed by atoms with E-state index in [0.717, 1.165) is 18.7 Å². The summed E-state index contributed by atoms with van der Waals surface area (Å²) >= 11 is 0. The first-order valence-corrected chi connectivity index (χ1v) is 110. The smallest absolute Gasteiger partial charge is 0.437 e. The van der Waals surface area contributed by atoms with Gasteiger partial charge in [-0.1, -0.05) is 13.0 Å². The van der Waals surface area contributed by atoms with Crippen LogP contribution in [0, 0.1) is 0 Å². The van der Waals surface area contributed by atoms with Crippen molar-refractivity contribution in [1.82, 2.24) is 0 Å². The van der Waals surface area contributed by atoms with Crippen LogP contribution < -0.4 is 0 Å². The zero-order chi connectivity index (χ0) is 88.0. The molecule has 0 N–H and O–H groups in total. The minimum Gasteiger partial charge on any atom is -0.437 e. The number of rotatable bonds is 54. The molecule has 0 bridgehead atoms. The molecule has 658 valence electrons. The lowest BCUT2D eigenvalue weighted by Crippen LogP contribution is -2.63. The average molecular weight is 2000 g/mol. The SMILES string of the molecule is C=COC(=O)OCCCC[Si](C)(C)O[Si](C)(C)O[Si](C)(C)O[Si](C)(C)O[Si](C)(C)O[Si](C)(C)O[Si](C)(C)O[Si](C)(C)O[Si](C)(C)O[Si](C)(C)O[Si](C)(C)O[Si](C)(C)O[Si](C)(C)O[Si](C)(C)O[Si](C)(C)O[Si](C)(C)O[Si](C)(C)O[Si](C)(C)O[Si](C)(C)O[Si](C)(C)O[Si](C)(C)O[Si](C)(C)O[Si](C)(C)O[Si](C)(C)O[Si](C)(C)C. The van der Waals surface area contributed by atoms with E-state index in [9.17, 15) is 4.79 Å². The monoisotopic (exact) mass is 1990 g/mol. The lowest BCUT2D eigenvalue weighted by molar-refractivity contribution is 0.0837. The van der Waals surface area contributed by atoms with Gasteiger partial charge in [0.25, 0.3) is 0 Å². The van der Waals surface area contributed by atoms with Crippen LogP contribution in [0.3, 0.4) is 0 Å². The molecule has 0 aliphatic rings. The molecule has 0 amide bonds. The third-order valence-electron chi connectivity index (χ3n) is 13.5. The Balaban J connectivity index is 5.87. The van der Waals surface area contributed by atoms with E-state index in [0.29, 0.717) is 6.42 Å². The first-order valence-electron chi connectivity index (χ1n) is 38.7. The van der Waals surface area contributed by atoms with Crippen molar-refractivity contribution in [1.29, 1.82) is 0 Å². The van der Waals surface area contributed by atoms with Gasteiger partial charge in [-0.15, -0.1) is 0 Å². The average Bonchev–Trinajstić information content (AvgIpc) is 0.804. The van der Waals surface area contributed by atoms with Crippen molar-refractivity contribution >= 4 is 220 Å². The quantitative estimate of drug-likeness (QED) is 0.0237. The molecule has 0 unspecified atom stereocenters. The van der Waals surface area contributed by atoms with Crippen LogP contribution in [0.25, 0.3) is 0 Å². The molecule has 52 heteroatoms. The third kappa shape index (κ3) is 53.5. The molecule has 0 saturated carbocycles. The van der Waals surface area contributed by atoms with Gasteiger partial charge in [0.15, 0.2) is 16.6 Å². The number of hydrogen-bond acceptors (Lipinski definition) is 27. The summed E-state index contributed by atoms with van der Waals surface area (Å²) in [5.41, 5.74) is 0. The lowest BCUT2D eigenvalue weighted by atomic mass is 10.4. The van der Waals surface area contributed by atoms with Gasteiger partial charge >= 0.3 is 203 Å². The van der Waals surface area contributed by atoms with Crippen LogP contribution in [0.4, 0.5) is 4.79 Å². The summed E-state index contributed by atoms with van der Waals surface area (Å²) < 4.78 is 176. The summed E-state index contributed by atoms with van der Waals surface area (Å²) in [6.45, 7) is 109. The van der Waals surface area contributed by atoms with E-state index in [2.05, 4.69) is 227 Å². The van der Waals surface area contributed by atoms with Gasteiger partial charge in [-0.05, 0) is 346 Å². The Hall–Kier alpha value is 3.47. The molecule has 0 aromatic rings. The maximum atomic E-state index is 11.5. The van der Waals surface area contributed by atoms with Gasteiger partial charge in [-0.2, -0.15) is 0 Å². The van der Waals surface area contributed by atoms with Gasteiger partial charge in [-0.3, -0.25) is 0 Å². The molecule has 0 spiro atoms. The molecule has 0 rings (SSSR count). The second-order valence-electron chi connectivity index (χ2n) is 40.4. The van der Waals surface area contributed by atoms with Crippen molar-refractivity contribution in [3.05, 3.63) is 12.8 Å². The van der Waals surface area contributed by atoms with Gasteiger partial charge in [0.1, 0.15) is 0 Å². The van der Waals surface area contributed by atoms with E-state index in [4.69, 9.17) is 104 Å². The predicted octanol–water partition coefficient (Wildman–Crippen LogP) is 20.6. The van der Waals surface area contributed by atoms with Crippen molar-refractivity contribution in [2.75, 3.05) is 6.61 Å². The molecule has 0 aromatic heterocycles. The Morgan fingerprint density at radius 2 is 0.327 bits per heavy atom. The lowest BCUT2D eigenvalue weighted by Gasteiger charge is -2.45. The molecule has 0 aliphatic heterocycles. The van der Waals surface area contributed by atoms with Crippen LogP contribution in [0.15, 0.2) is 12.8 Å². The maximum absolute atomic E-state index is 11.5. The summed E-state index contributed by atoms with van der Waals surface area (Å²) in [4.78, 5) is 11.5. The van der Waals surface area contributed by atoms with Crippen LogP contribution in [0.2, 0.25) is 340 Å². The van der Waals surface area contributed by atoms with Gasteiger partial charge < -0.3 is 108 Å². The fraction of sp³-hybridized carbons (Fsp3) is 0.948. The number of ether oxygens (including phenoxy) is 2. The summed E-state index contributed by atoms with van der Waals surface area (Å²) in [6, 6.07) is 0.888. The van der Waals surface area contributed by atoms with Gasteiger partial charge in [0, 0.05) is 0 Å². The predicted molar refractivity (Wildman–Crippen MR) is 506 cm³/mol. The Morgan fingerprint density at radius 3 is 0.455 bits per heavy atom. The molecule has 110 heavy (non-hydrogen) atoms. The minimum absolute atomic E-state index is 0.274. The standard InChI is InChI=1S/C58H164O27Si25/c1-53-60-58(59)61-56-54-55-57-87(5,6)63-89(9,10)65-91(13,14)67-93(17,18)69-95(21,22)71-97(25,26)73-99(29,30)75-101(33,34)77-103(37,38)79-105(41,42)81-107(45,46)83-109(49,50)85-110(51,52)84-108(47,48)82-106(43,44)80-104(39,40)78-102(35,36)76-100(31,32)74-98(27,28)72-96(23,24)70-94(19,20)68-92(15,16)66-90(11,12)64-88(7,8)62-86(2,3)4/h53H,1,54-57H2,2-52H3. The summed E-state index contributed by atoms with van der Waals surface area (Å²) in [5, 5.41) is 0. The molecule has 0 atom stereocenters. The first kappa shape index (κ1) is 113. The van der Waals surface area contributed by atoms with Crippen molar-refractivity contribution in [3.63, 3.8) is 0 Å². The fourth-order valence-electron chi connectivity index (χ4n) is 15.9. The number of hydrogen-bond donors (Lipinski definition) is 0. The topological polar surface area (TPSA) is 257 Å². The summed E-state index contributed by atoms with van der Waals surface area (Å²) in [5.74, 6) is 0. The molecular weight excluding hydrogens is 1830 g/mol. The van der Waals surface area contributed by atoms with Crippen molar-refractivity contribution in [3.8, 4) is 0 Å². The normalized spacial score (nSPS) is 15.8. The van der Waals surface area contributed by atoms with Crippen molar-refractivity contribution in [2.45, 2.75) is 353 Å². The van der Waals surface area contributed by atoms with Gasteiger partial charge in [0.2, 0.25) is 0 Å². The Bertz CT molecular complexity index is 2910. The van der Waals surface area contributed by atoms with E-state index in [1.165, 1.54) is 0 Å². The highest BCUT2D eigenvalue weighted by Crippen LogP contribution is 2.37. The van der Waals surface area contributed by atoms with Gasteiger partial charge in [0.05, 0.1) is 12.9 Å². The van der Waals surface area contributed by atoms with Crippen molar-refractivity contribution < 1.29 is 113 Å². The second kappa shape index (κ2) is 39.8. The zero-order valence-electron chi connectivity index (χ0n) is 79.1. The number of carbonyl (C=O) groups excluding carboxylic acids is 1. The molecule has 0 heterocycles. The van der Waals surface area contributed by atoms with Crippen LogP contribution in [0.1, 0.15) is 12.8 Å². The molecule has 0 aromatic carbocycles. The van der Waals surface area contributed by atoms with E-state index < -0.39 is 220 Å². The molecule has 0 radical (unpaired) electrons. The largest absolute Gasteiger partial charge is 0.513 e. The Kier molecular flexibility index (Phi) is 41.0. The third-order valence-corrected chi connectivity index (χ3v) is 110. The van der Waals surface area contributed by atoms with Crippen molar-refractivity contribution in [2.24, 2.45) is 0 Å². The van der Waals surface area contributed by atoms with Crippen LogP contribution in [-0.2, 0) is 108 Å². The Labute approximate surface area is 698 Å². The van der Waals surface area contributed by atoms with Crippen LogP contribution in [0.5, 0.6) is 0 Å². The van der Waals surface area contributed by atoms with Gasteiger partial charge in [-0.25, -0.2) is 4.79 Å². The number of carbonyl (C=O) groups is 1. The summed E-state index contributed by atoms with van der Waals surface area (Å²) in [7, 11) is -69.1. The maximum Gasteiger partial charge on any atom is 0.513 e. The summed E-state index contributed by atoms with van der Waals surface area (Å²) in [6.07, 6.45) is 1.87. The molecule has 0 saturated heterocycles. The minimum atomic E-state index is -2.92. The van der Waals surface area contributed by atoms with Crippen LogP contribution >= 0.6 is 0 Å². The van der Waals surface area contributed by atoms with E-state index >= 15 is 0 Å². The first-order chi connectivity index (χ1) is 47.4. The molecular formula is C58H164O27Si25. The van der Waals surface area contributed by atoms with E-state index in [1.807, 2.05) is 118 Å². The van der Waals surface area contributed by atoms with E-state index in [1.54, 1.807) is 0 Å². The fourth-order valence-corrected chi connectivity index (χ4v) is 145.